The first kappa shape index (κ1) is 13.2. The first-order valence-corrected chi connectivity index (χ1v) is 5.97. The number of benzene rings is 1. The summed E-state index contributed by atoms with van der Waals surface area (Å²) >= 11 is 1.96. The van der Waals surface area contributed by atoms with Crippen molar-refractivity contribution in [2.75, 3.05) is 23.0 Å². The third-order valence-corrected chi connectivity index (χ3v) is 2.58. The Hall–Kier alpha value is -0.830. The van der Waals surface area contributed by atoms with Gasteiger partial charge >= 0.3 is 0 Å². The Morgan fingerprint density at radius 3 is 2.00 bits per heavy atom. The lowest BCUT2D eigenvalue weighted by molar-refractivity contribution is 1.46. The Kier molecular flexibility index (Phi) is 7.11. The van der Waals surface area contributed by atoms with Crippen LogP contribution in [0.5, 0.6) is 0 Å². The summed E-state index contributed by atoms with van der Waals surface area (Å²) in [6.45, 7) is 6.29. The molecule has 0 aromatic heterocycles. The summed E-state index contributed by atoms with van der Waals surface area (Å²) in [5.74, 6) is 2.52. The quantitative estimate of drug-likeness (QED) is 0.741. The van der Waals surface area contributed by atoms with Crippen molar-refractivity contribution in [2.24, 2.45) is 0 Å². The Morgan fingerprint density at radius 1 is 1.14 bits per heavy atom. The fraction of sp³-hybridized carbons (Fsp3) is 0.455. The van der Waals surface area contributed by atoms with E-state index in [-0.39, 0.29) is 0 Å². The van der Waals surface area contributed by atoms with E-state index in [0.29, 0.717) is 11.4 Å². The predicted octanol–water partition coefficient (Wildman–Crippen LogP) is 2.92. The molecule has 1 aromatic rings. The van der Waals surface area contributed by atoms with Crippen LogP contribution in [0.4, 0.5) is 11.4 Å². The second-order valence-electron chi connectivity index (χ2n) is 2.86. The lowest BCUT2D eigenvalue weighted by Crippen LogP contribution is -1.95. The topological polar surface area (TPSA) is 52.0 Å². The Labute approximate surface area is 91.1 Å². The van der Waals surface area contributed by atoms with E-state index >= 15 is 0 Å². The molecule has 0 saturated carbocycles. The first-order valence-electron chi connectivity index (χ1n) is 4.81. The molecule has 0 atom stereocenters. The molecule has 1 aromatic carbocycles. The second kappa shape index (κ2) is 7.56. The smallest absolute Gasteiger partial charge is 0.0577 e. The van der Waals surface area contributed by atoms with Crippen LogP contribution in [0.15, 0.2) is 18.2 Å². The summed E-state index contributed by atoms with van der Waals surface area (Å²) in [4.78, 5) is 0. The summed E-state index contributed by atoms with van der Waals surface area (Å²) in [5, 5.41) is 0. The molecular formula is C11H20N2S. The summed E-state index contributed by atoms with van der Waals surface area (Å²) < 4.78 is 0. The van der Waals surface area contributed by atoms with Gasteiger partial charge in [-0.2, -0.15) is 11.8 Å². The molecule has 0 heterocycles. The minimum Gasteiger partial charge on any atom is -0.397 e. The molecule has 0 radical (unpaired) electrons. The van der Waals surface area contributed by atoms with Gasteiger partial charge in [0, 0.05) is 0 Å². The molecule has 0 amide bonds. The maximum absolute atomic E-state index is 5.56. The normalized spacial score (nSPS) is 9.07. The van der Waals surface area contributed by atoms with Crippen molar-refractivity contribution in [3.05, 3.63) is 23.8 Å². The van der Waals surface area contributed by atoms with Crippen LogP contribution in [-0.4, -0.2) is 11.5 Å². The van der Waals surface area contributed by atoms with Gasteiger partial charge in [0.25, 0.3) is 0 Å². The molecule has 0 bridgehead atoms. The van der Waals surface area contributed by atoms with Crippen molar-refractivity contribution in [1.29, 1.82) is 0 Å². The van der Waals surface area contributed by atoms with Crippen molar-refractivity contribution < 1.29 is 0 Å². The molecule has 0 aliphatic carbocycles. The average molecular weight is 212 g/mol. The number of nitrogens with two attached hydrogens (primary N) is 2. The SMILES string of the molecule is CCSCC.Cc1cccc(N)c1N. The minimum atomic E-state index is 0.662. The van der Waals surface area contributed by atoms with Gasteiger partial charge in [-0.3, -0.25) is 0 Å². The predicted molar refractivity (Wildman–Crippen MR) is 68.7 cm³/mol. The fourth-order valence-corrected chi connectivity index (χ4v) is 1.32. The Bertz CT molecular complexity index is 239. The largest absolute Gasteiger partial charge is 0.397 e. The Balaban J connectivity index is 0.000000292. The molecule has 0 aliphatic heterocycles. The minimum absolute atomic E-state index is 0.662. The molecule has 80 valence electrons. The highest BCUT2D eigenvalue weighted by Crippen LogP contribution is 2.17. The van der Waals surface area contributed by atoms with Gasteiger partial charge in [-0.05, 0) is 30.1 Å². The number of nitrogen functional groups attached to an aromatic ring is 2. The van der Waals surface area contributed by atoms with Gasteiger partial charge in [0.1, 0.15) is 0 Å². The number of rotatable bonds is 2. The molecule has 14 heavy (non-hydrogen) atoms. The second-order valence-corrected chi connectivity index (χ2v) is 4.42. The Morgan fingerprint density at radius 2 is 1.71 bits per heavy atom. The van der Waals surface area contributed by atoms with Gasteiger partial charge in [0.15, 0.2) is 0 Å². The zero-order valence-electron chi connectivity index (χ0n) is 9.21. The van der Waals surface area contributed by atoms with E-state index in [1.54, 1.807) is 6.07 Å². The highest BCUT2D eigenvalue weighted by atomic mass is 32.2. The summed E-state index contributed by atoms with van der Waals surface area (Å²) in [7, 11) is 0. The van der Waals surface area contributed by atoms with Gasteiger partial charge < -0.3 is 11.5 Å². The fourth-order valence-electron chi connectivity index (χ4n) is 0.907. The molecule has 2 nitrogen and oxygen atoms in total. The number of anilines is 2. The van der Waals surface area contributed by atoms with Crippen LogP contribution in [0.1, 0.15) is 19.4 Å². The van der Waals surface area contributed by atoms with Crippen molar-refractivity contribution >= 4 is 23.1 Å². The molecule has 4 N–H and O–H groups in total. The third kappa shape index (κ3) is 5.02. The van der Waals surface area contributed by atoms with E-state index in [1.807, 2.05) is 30.8 Å². The lowest BCUT2D eigenvalue weighted by Gasteiger charge is -2.00. The van der Waals surface area contributed by atoms with Crippen LogP contribution < -0.4 is 11.5 Å². The maximum atomic E-state index is 5.56. The van der Waals surface area contributed by atoms with E-state index in [2.05, 4.69) is 13.8 Å². The molecule has 3 heteroatoms. The van der Waals surface area contributed by atoms with Crippen molar-refractivity contribution in [3.8, 4) is 0 Å². The van der Waals surface area contributed by atoms with Crippen molar-refractivity contribution in [2.45, 2.75) is 20.8 Å². The zero-order valence-corrected chi connectivity index (χ0v) is 10.0. The zero-order chi connectivity index (χ0) is 11.0. The van der Waals surface area contributed by atoms with E-state index in [4.69, 9.17) is 11.5 Å². The number of para-hydroxylation sites is 1. The first-order chi connectivity index (χ1) is 6.63. The van der Waals surface area contributed by atoms with Crippen molar-refractivity contribution in [3.63, 3.8) is 0 Å². The standard InChI is InChI=1S/C7H10N2.C4H10S/c1-5-3-2-4-6(8)7(5)9;1-3-5-4-2/h2-4H,8-9H2,1H3;3-4H2,1-2H3. The van der Waals surface area contributed by atoms with Gasteiger partial charge in [0.05, 0.1) is 11.4 Å². The number of hydrogen-bond donors (Lipinski definition) is 2. The van der Waals surface area contributed by atoms with Gasteiger partial charge in [-0.1, -0.05) is 26.0 Å². The summed E-state index contributed by atoms with van der Waals surface area (Å²) in [5.41, 5.74) is 13.4. The molecular weight excluding hydrogens is 192 g/mol. The molecule has 1 rings (SSSR count). The van der Waals surface area contributed by atoms with Crippen LogP contribution in [0.25, 0.3) is 0 Å². The van der Waals surface area contributed by atoms with Gasteiger partial charge in [0.2, 0.25) is 0 Å². The molecule has 0 unspecified atom stereocenters. The summed E-state index contributed by atoms with van der Waals surface area (Å²) in [6, 6.07) is 5.62. The monoisotopic (exact) mass is 212 g/mol. The van der Waals surface area contributed by atoms with Crippen LogP contribution in [0.3, 0.4) is 0 Å². The number of hydrogen-bond acceptors (Lipinski definition) is 3. The van der Waals surface area contributed by atoms with E-state index in [0.717, 1.165) is 5.56 Å². The third-order valence-electron chi connectivity index (χ3n) is 1.77. The molecule has 0 spiro atoms. The van der Waals surface area contributed by atoms with E-state index in [1.165, 1.54) is 11.5 Å². The van der Waals surface area contributed by atoms with Crippen molar-refractivity contribution in [1.82, 2.24) is 0 Å². The van der Waals surface area contributed by atoms with Crippen LogP contribution >= 0.6 is 11.8 Å². The average Bonchev–Trinajstić information content (AvgIpc) is 2.16. The van der Waals surface area contributed by atoms with E-state index < -0.39 is 0 Å². The molecule has 0 fully saturated rings. The van der Waals surface area contributed by atoms with Gasteiger partial charge in [-0.15, -0.1) is 0 Å². The van der Waals surface area contributed by atoms with E-state index in [9.17, 15) is 0 Å². The van der Waals surface area contributed by atoms with Crippen LogP contribution in [0, 0.1) is 6.92 Å². The highest BCUT2D eigenvalue weighted by Gasteiger charge is 1.93. The van der Waals surface area contributed by atoms with Crippen LogP contribution in [0.2, 0.25) is 0 Å². The molecule has 0 saturated heterocycles. The summed E-state index contributed by atoms with van der Waals surface area (Å²) in [6.07, 6.45) is 0. The highest BCUT2D eigenvalue weighted by molar-refractivity contribution is 7.99. The number of thioether (sulfide) groups is 1. The van der Waals surface area contributed by atoms with Gasteiger partial charge in [-0.25, -0.2) is 0 Å². The maximum Gasteiger partial charge on any atom is 0.0577 e. The van der Waals surface area contributed by atoms with Crippen LogP contribution in [-0.2, 0) is 0 Å². The molecule has 0 aliphatic rings. The lowest BCUT2D eigenvalue weighted by atomic mass is 10.2. The number of aryl methyl sites for hydroxylation is 1.